The number of ether oxygens (including phenoxy) is 1. The Balaban J connectivity index is 2.63. The van der Waals surface area contributed by atoms with Crippen LogP contribution < -0.4 is 5.59 Å². The van der Waals surface area contributed by atoms with Crippen molar-refractivity contribution in [3.05, 3.63) is 12.3 Å². The molecule has 0 spiro atoms. The topological polar surface area (TPSA) is 27.1 Å². The molecule has 0 unspecified atom stereocenters. The lowest BCUT2D eigenvalue weighted by Crippen LogP contribution is -2.40. The molecule has 3 nitrogen and oxygen atoms in total. The summed E-state index contributed by atoms with van der Waals surface area (Å²) in [5.74, 6) is 0. The average molecular weight is 207 g/mol. The van der Waals surface area contributed by atoms with E-state index in [-0.39, 0.29) is 6.54 Å². The maximum atomic E-state index is 12.4. The van der Waals surface area contributed by atoms with Gasteiger partial charge >= 0.3 is 6.98 Å². The second-order valence-corrected chi connectivity index (χ2v) is 2.90. The van der Waals surface area contributed by atoms with Gasteiger partial charge in [0.15, 0.2) is 0 Å². The van der Waals surface area contributed by atoms with Crippen molar-refractivity contribution in [2.75, 3.05) is 13.7 Å². The van der Waals surface area contributed by atoms with Gasteiger partial charge in [0.25, 0.3) is 0 Å². The van der Waals surface area contributed by atoms with E-state index in [1.165, 1.54) is 7.11 Å². The maximum absolute atomic E-state index is 12.4. The predicted octanol–water partition coefficient (Wildman–Crippen LogP) is 0.974. The molecule has 0 amide bonds. The molecular weight excluding hydrogens is 196 g/mol. The van der Waals surface area contributed by atoms with Gasteiger partial charge in [-0.2, -0.15) is 5.10 Å². The fourth-order valence-electron chi connectivity index (χ4n) is 1.17. The number of aryl methyl sites for hydroxylation is 1. The van der Waals surface area contributed by atoms with Gasteiger partial charge in [-0.3, -0.25) is 4.68 Å². The largest absolute Gasteiger partial charge is 0.527 e. The van der Waals surface area contributed by atoms with E-state index in [1.807, 2.05) is 0 Å². The highest BCUT2D eigenvalue weighted by molar-refractivity contribution is 6.72. The number of hydrogen-bond donors (Lipinski definition) is 0. The summed E-state index contributed by atoms with van der Waals surface area (Å²) in [6.45, 7) is -4.29. The molecule has 0 aliphatic rings. The zero-order valence-corrected chi connectivity index (χ0v) is 7.79. The van der Waals surface area contributed by atoms with Crippen LogP contribution in [-0.2, 0) is 11.3 Å². The van der Waals surface area contributed by atoms with E-state index in [9.17, 15) is 12.9 Å². The molecule has 7 heteroatoms. The maximum Gasteiger partial charge on any atom is 0.527 e. The summed E-state index contributed by atoms with van der Waals surface area (Å²) in [6.07, 6.45) is 1.69. The van der Waals surface area contributed by atoms with Crippen molar-refractivity contribution in [3.8, 4) is 0 Å². The molecule has 0 radical (unpaired) electrons. The minimum atomic E-state index is -4.96. The lowest BCUT2D eigenvalue weighted by molar-refractivity contribution is 0.189. The average Bonchev–Trinajstić information content (AvgIpc) is 2.52. The van der Waals surface area contributed by atoms with E-state index < -0.39 is 12.6 Å². The summed E-state index contributed by atoms with van der Waals surface area (Å²) in [7, 11) is 1.51. The molecule has 0 aliphatic carbocycles. The second-order valence-electron chi connectivity index (χ2n) is 2.90. The molecule has 0 N–H and O–H groups in total. The molecule has 14 heavy (non-hydrogen) atoms. The van der Waals surface area contributed by atoms with E-state index in [2.05, 4.69) is 5.10 Å². The van der Waals surface area contributed by atoms with E-state index in [0.717, 1.165) is 16.9 Å². The van der Waals surface area contributed by atoms with Gasteiger partial charge < -0.3 is 17.7 Å². The predicted molar refractivity (Wildman–Crippen MR) is 47.4 cm³/mol. The van der Waals surface area contributed by atoms with Gasteiger partial charge in [-0.25, -0.2) is 0 Å². The van der Waals surface area contributed by atoms with Crippen LogP contribution >= 0.6 is 0 Å². The van der Waals surface area contributed by atoms with Crippen LogP contribution in [0.1, 0.15) is 6.42 Å². The third kappa shape index (κ3) is 2.76. The molecule has 0 fully saturated rings. The second kappa shape index (κ2) is 4.50. The first-order valence-electron chi connectivity index (χ1n) is 4.26. The summed E-state index contributed by atoms with van der Waals surface area (Å²) in [5, 5.41) is 3.61. The molecule has 0 aromatic carbocycles. The first-order valence-corrected chi connectivity index (χ1v) is 4.26. The molecule has 80 valence electrons. The number of aromatic nitrogens is 2. The fourth-order valence-corrected chi connectivity index (χ4v) is 1.17. The Morgan fingerprint density at radius 1 is 1.50 bits per heavy atom. The summed E-state index contributed by atoms with van der Waals surface area (Å²) in [5.41, 5.74) is -0.652. The molecule has 1 aromatic rings. The van der Waals surface area contributed by atoms with E-state index >= 15 is 0 Å². The Labute approximate surface area is 79.9 Å². The van der Waals surface area contributed by atoms with E-state index in [4.69, 9.17) is 4.74 Å². The zero-order chi connectivity index (χ0) is 10.6. The van der Waals surface area contributed by atoms with Crippen molar-refractivity contribution in [1.29, 1.82) is 0 Å². The molecule has 1 aromatic heterocycles. The smallest absolute Gasteiger partial charge is 0.444 e. The highest BCUT2D eigenvalue weighted by Gasteiger charge is 2.29. The Bertz CT molecular complexity index is 287. The molecule has 0 bridgehead atoms. The van der Waals surface area contributed by atoms with Gasteiger partial charge in [-0.15, -0.1) is 0 Å². The van der Waals surface area contributed by atoms with Crippen LogP contribution in [0.2, 0.25) is 0 Å². The van der Waals surface area contributed by atoms with Crippen LogP contribution in [0.3, 0.4) is 0 Å². The number of methoxy groups -OCH3 is 1. The molecule has 0 saturated heterocycles. The zero-order valence-electron chi connectivity index (χ0n) is 7.79. The highest BCUT2D eigenvalue weighted by atomic mass is 19.4. The summed E-state index contributed by atoms with van der Waals surface area (Å²) < 4.78 is 42.8. The van der Waals surface area contributed by atoms with Crippen LogP contribution in [0.4, 0.5) is 12.9 Å². The number of nitrogens with zero attached hydrogens (tertiary/aromatic N) is 2. The quantitative estimate of drug-likeness (QED) is 0.531. The van der Waals surface area contributed by atoms with Crippen molar-refractivity contribution in [2.24, 2.45) is 0 Å². The monoisotopic (exact) mass is 207 g/mol. The van der Waals surface area contributed by atoms with Crippen LogP contribution in [0, 0.1) is 0 Å². The van der Waals surface area contributed by atoms with Crippen LogP contribution in [0.5, 0.6) is 0 Å². The first-order chi connectivity index (χ1) is 6.55. The fraction of sp³-hybridized carbons (Fsp3) is 0.571. The lowest BCUT2D eigenvalue weighted by atomic mass is 9.86. The minimum Gasteiger partial charge on any atom is -0.444 e. The van der Waals surface area contributed by atoms with Crippen molar-refractivity contribution >= 4 is 12.6 Å². The number of rotatable bonds is 5. The van der Waals surface area contributed by atoms with Crippen LogP contribution in [0.15, 0.2) is 12.3 Å². The van der Waals surface area contributed by atoms with Gasteiger partial charge in [-0.1, -0.05) is 6.07 Å². The first kappa shape index (κ1) is 11.1. The normalized spacial score (nSPS) is 12.0. The van der Waals surface area contributed by atoms with Gasteiger partial charge in [0, 0.05) is 26.5 Å². The lowest BCUT2D eigenvalue weighted by Gasteiger charge is -2.16. The molecule has 0 atom stereocenters. The third-order valence-corrected chi connectivity index (χ3v) is 1.80. The summed E-state index contributed by atoms with van der Waals surface area (Å²) in [6, 6.07) is 0.993. The summed E-state index contributed by atoms with van der Waals surface area (Å²) >= 11 is 0. The van der Waals surface area contributed by atoms with Crippen molar-refractivity contribution in [1.82, 2.24) is 9.78 Å². The molecule has 0 aliphatic heterocycles. The molecule has 1 heterocycles. The highest BCUT2D eigenvalue weighted by Crippen LogP contribution is 2.08. The standard InChI is InChI=1S/C7H11BF3N2O/c1-14-6-2-5-13-7(3-4-12-13)8(9,10)11/h3-4H,2,5-6H2,1H3/q-1. The SMILES string of the molecule is COCCCn1nccc1[B-](F)(F)F. The van der Waals surface area contributed by atoms with Gasteiger partial charge in [0.2, 0.25) is 0 Å². The van der Waals surface area contributed by atoms with Crippen molar-refractivity contribution in [3.63, 3.8) is 0 Å². The van der Waals surface area contributed by atoms with Crippen molar-refractivity contribution in [2.45, 2.75) is 13.0 Å². The molecule has 1 rings (SSSR count). The van der Waals surface area contributed by atoms with Crippen LogP contribution in [0.25, 0.3) is 0 Å². The van der Waals surface area contributed by atoms with Crippen LogP contribution in [-0.4, -0.2) is 30.5 Å². The van der Waals surface area contributed by atoms with Gasteiger partial charge in [0.05, 0.1) is 0 Å². The Morgan fingerprint density at radius 2 is 2.21 bits per heavy atom. The van der Waals surface area contributed by atoms with Crippen molar-refractivity contribution < 1.29 is 17.7 Å². The Hall–Kier alpha value is -0.975. The third-order valence-electron chi connectivity index (χ3n) is 1.80. The minimum absolute atomic E-state index is 0.234. The Morgan fingerprint density at radius 3 is 2.79 bits per heavy atom. The molecule has 0 saturated carbocycles. The number of hydrogen-bond acceptors (Lipinski definition) is 2. The Kier molecular flexibility index (Phi) is 3.57. The van der Waals surface area contributed by atoms with Gasteiger partial charge in [0.1, 0.15) is 0 Å². The van der Waals surface area contributed by atoms with E-state index in [0.29, 0.717) is 13.0 Å². The van der Waals surface area contributed by atoms with Gasteiger partial charge in [-0.05, 0) is 12.0 Å². The summed E-state index contributed by atoms with van der Waals surface area (Å²) in [4.78, 5) is 0. The van der Waals surface area contributed by atoms with E-state index in [1.54, 1.807) is 0 Å². The molecular formula is C7H11BF3N2O-. The number of halogens is 3.